The fraction of sp³-hybridized carbons (Fsp3) is 0.464. The zero-order chi connectivity index (χ0) is 28.1. The number of hydrogen-bond acceptors (Lipinski definition) is 6. The van der Waals surface area contributed by atoms with Gasteiger partial charge in [-0.25, -0.2) is 4.79 Å². The van der Waals surface area contributed by atoms with E-state index in [0.29, 0.717) is 12.1 Å². The Bertz CT molecular complexity index is 1070. The maximum atomic E-state index is 13.4. The molecular formula is C28H38N4O6. The average molecular weight is 527 g/mol. The second-order valence-electron chi connectivity index (χ2n) is 10.1. The third-order valence-corrected chi connectivity index (χ3v) is 5.59. The van der Waals surface area contributed by atoms with E-state index < -0.39 is 34.6 Å². The number of nitro groups is 1. The smallest absolute Gasteiger partial charge is 0.408 e. The number of ether oxygens (including phenoxy) is 1. The summed E-state index contributed by atoms with van der Waals surface area (Å²) in [5.41, 5.74) is 0.640. The van der Waals surface area contributed by atoms with Crippen molar-refractivity contribution in [1.82, 2.24) is 16.0 Å². The number of nitro benzene ring substituents is 1. The number of benzene rings is 2. The minimum atomic E-state index is -1.00. The number of unbranched alkanes of at least 4 members (excludes halogenated alkanes) is 2. The molecule has 0 aliphatic carbocycles. The summed E-state index contributed by atoms with van der Waals surface area (Å²) in [4.78, 5) is 49.5. The summed E-state index contributed by atoms with van der Waals surface area (Å²) in [6, 6.07) is 13.1. The Balaban J connectivity index is 2.23. The Morgan fingerprint density at radius 3 is 2.00 bits per heavy atom. The minimum absolute atomic E-state index is 0.0668. The number of non-ortho nitro benzene ring substituents is 1. The first-order valence-electron chi connectivity index (χ1n) is 12.8. The predicted molar refractivity (Wildman–Crippen MR) is 145 cm³/mol. The van der Waals surface area contributed by atoms with Crippen molar-refractivity contribution in [3.8, 4) is 0 Å². The molecule has 0 saturated heterocycles. The van der Waals surface area contributed by atoms with Crippen molar-refractivity contribution < 1.29 is 24.0 Å². The second kappa shape index (κ2) is 14.7. The van der Waals surface area contributed by atoms with Gasteiger partial charge >= 0.3 is 6.09 Å². The van der Waals surface area contributed by atoms with Crippen molar-refractivity contribution in [2.75, 3.05) is 6.54 Å². The third kappa shape index (κ3) is 11.0. The number of rotatable bonds is 13. The average Bonchev–Trinajstić information content (AvgIpc) is 2.85. The van der Waals surface area contributed by atoms with E-state index in [2.05, 4.69) is 22.9 Å². The van der Waals surface area contributed by atoms with Crippen LogP contribution in [-0.2, 0) is 27.2 Å². The fourth-order valence-electron chi connectivity index (χ4n) is 3.69. The summed E-state index contributed by atoms with van der Waals surface area (Å²) < 4.78 is 5.35. The topological polar surface area (TPSA) is 140 Å². The van der Waals surface area contributed by atoms with E-state index in [-0.39, 0.29) is 24.4 Å². The monoisotopic (exact) mass is 526 g/mol. The lowest BCUT2D eigenvalue weighted by Gasteiger charge is -2.25. The molecule has 3 amide bonds. The Morgan fingerprint density at radius 2 is 1.45 bits per heavy atom. The van der Waals surface area contributed by atoms with E-state index in [0.717, 1.165) is 24.8 Å². The van der Waals surface area contributed by atoms with Crippen LogP contribution in [0, 0.1) is 10.1 Å². The summed E-state index contributed by atoms with van der Waals surface area (Å²) in [7, 11) is 0. The van der Waals surface area contributed by atoms with E-state index in [1.54, 1.807) is 32.9 Å². The SMILES string of the molecule is CCCCCNC(=O)[C@H](Cc1ccc([N+](=O)[O-])cc1)NC(=O)[C@H](Cc1ccccc1)NC(=O)OC(C)(C)C. The molecule has 0 bridgehead atoms. The molecule has 0 aliphatic rings. The maximum Gasteiger partial charge on any atom is 0.408 e. The molecule has 0 saturated carbocycles. The molecule has 2 rings (SSSR count). The molecule has 0 unspecified atom stereocenters. The van der Waals surface area contributed by atoms with Crippen LogP contribution in [0.25, 0.3) is 0 Å². The van der Waals surface area contributed by atoms with Gasteiger partial charge in [-0.05, 0) is 38.3 Å². The molecule has 3 N–H and O–H groups in total. The van der Waals surface area contributed by atoms with Crippen molar-refractivity contribution in [2.45, 2.75) is 77.5 Å². The van der Waals surface area contributed by atoms with E-state index in [1.165, 1.54) is 12.1 Å². The van der Waals surface area contributed by atoms with Crippen molar-refractivity contribution in [2.24, 2.45) is 0 Å². The Labute approximate surface area is 223 Å². The van der Waals surface area contributed by atoms with Gasteiger partial charge < -0.3 is 20.7 Å². The van der Waals surface area contributed by atoms with Crippen LogP contribution in [0.15, 0.2) is 54.6 Å². The fourth-order valence-corrected chi connectivity index (χ4v) is 3.69. The van der Waals surface area contributed by atoms with Gasteiger partial charge in [0.05, 0.1) is 4.92 Å². The van der Waals surface area contributed by atoms with Gasteiger partial charge in [-0.15, -0.1) is 0 Å². The van der Waals surface area contributed by atoms with Gasteiger partial charge in [-0.3, -0.25) is 19.7 Å². The number of carbonyl (C=O) groups is 3. The molecule has 10 heteroatoms. The first-order valence-corrected chi connectivity index (χ1v) is 12.8. The van der Waals surface area contributed by atoms with Crippen molar-refractivity contribution in [1.29, 1.82) is 0 Å². The summed E-state index contributed by atoms with van der Waals surface area (Å²) in [6.45, 7) is 7.69. The quantitative estimate of drug-likeness (QED) is 0.204. The largest absolute Gasteiger partial charge is 0.444 e. The Hall–Kier alpha value is -3.95. The lowest BCUT2D eigenvalue weighted by Crippen LogP contribution is -2.55. The van der Waals surface area contributed by atoms with Crippen LogP contribution >= 0.6 is 0 Å². The normalized spacial score (nSPS) is 12.6. The van der Waals surface area contributed by atoms with E-state index in [9.17, 15) is 24.5 Å². The highest BCUT2D eigenvalue weighted by molar-refractivity contribution is 5.91. The predicted octanol–water partition coefficient (Wildman–Crippen LogP) is 4.06. The highest BCUT2D eigenvalue weighted by Gasteiger charge is 2.29. The molecule has 0 radical (unpaired) electrons. The number of hydrogen-bond donors (Lipinski definition) is 3. The van der Waals surface area contributed by atoms with Crippen LogP contribution < -0.4 is 16.0 Å². The Morgan fingerprint density at radius 1 is 0.868 bits per heavy atom. The van der Waals surface area contributed by atoms with E-state index in [4.69, 9.17) is 4.74 Å². The minimum Gasteiger partial charge on any atom is -0.444 e. The van der Waals surface area contributed by atoms with E-state index >= 15 is 0 Å². The summed E-state index contributed by atoms with van der Waals surface area (Å²) in [6.07, 6.45) is 2.32. The van der Waals surface area contributed by atoms with Crippen LogP contribution in [0.4, 0.5) is 10.5 Å². The van der Waals surface area contributed by atoms with Gasteiger partial charge in [-0.2, -0.15) is 0 Å². The number of nitrogens with one attached hydrogen (secondary N) is 3. The van der Waals surface area contributed by atoms with Gasteiger partial charge in [0.15, 0.2) is 0 Å². The number of carbonyl (C=O) groups excluding carboxylic acids is 3. The molecular weight excluding hydrogens is 488 g/mol. The zero-order valence-corrected chi connectivity index (χ0v) is 22.5. The summed E-state index contributed by atoms with van der Waals surface area (Å²) in [5, 5.41) is 19.3. The Kier molecular flexibility index (Phi) is 11.7. The molecule has 2 atom stereocenters. The molecule has 0 aliphatic heterocycles. The molecule has 0 fully saturated rings. The number of alkyl carbamates (subject to hydrolysis) is 1. The van der Waals surface area contributed by atoms with Crippen molar-refractivity contribution >= 4 is 23.6 Å². The van der Waals surface area contributed by atoms with Gasteiger partial charge in [0.2, 0.25) is 11.8 Å². The summed E-state index contributed by atoms with van der Waals surface area (Å²) >= 11 is 0. The van der Waals surface area contributed by atoms with Crippen LogP contribution in [-0.4, -0.2) is 47.1 Å². The third-order valence-electron chi connectivity index (χ3n) is 5.59. The van der Waals surface area contributed by atoms with Gasteiger partial charge in [0.1, 0.15) is 17.7 Å². The molecule has 2 aromatic carbocycles. The first-order chi connectivity index (χ1) is 18.0. The maximum absolute atomic E-state index is 13.4. The molecule has 0 aromatic heterocycles. The molecule has 10 nitrogen and oxygen atoms in total. The number of amides is 3. The lowest BCUT2D eigenvalue weighted by molar-refractivity contribution is -0.384. The molecule has 0 spiro atoms. The molecule has 38 heavy (non-hydrogen) atoms. The van der Waals surface area contributed by atoms with Crippen molar-refractivity contribution in [3.63, 3.8) is 0 Å². The van der Waals surface area contributed by atoms with E-state index in [1.807, 2.05) is 30.3 Å². The van der Waals surface area contributed by atoms with Crippen LogP contribution in [0.2, 0.25) is 0 Å². The van der Waals surface area contributed by atoms with Crippen LogP contribution in [0.1, 0.15) is 58.1 Å². The zero-order valence-electron chi connectivity index (χ0n) is 22.5. The van der Waals surface area contributed by atoms with Crippen LogP contribution in [0.5, 0.6) is 0 Å². The first kappa shape index (κ1) is 30.3. The van der Waals surface area contributed by atoms with Gasteiger partial charge in [0, 0.05) is 31.5 Å². The van der Waals surface area contributed by atoms with Crippen molar-refractivity contribution in [3.05, 3.63) is 75.8 Å². The lowest BCUT2D eigenvalue weighted by atomic mass is 10.0. The van der Waals surface area contributed by atoms with Gasteiger partial charge in [0.25, 0.3) is 5.69 Å². The van der Waals surface area contributed by atoms with Gasteiger partial charge in [-0.1, -0.05) is 62.2 Å². The highest BCUT2D eigenvalue weighted by Crippen LogP contribution is 2.14. The molecule has 2 aromatic rings. The standard InChI is InChI=1S/C28H38N4O6/c1-5-6-10-17-29-25(33)23(19-21-13-15-22(16-14-21)32(36)37)30-26(34)24(18-20-11-8-7-9-12-20)31-27(35)38-28(2,3)4/h7-9,11-16,23-24H,5-6,10,17-19H2,1-4H3,(H,29,33)(H,30,34)(H,31,35)/t23-,24-/m0/s1. The highest BCUT2D eigenvalue weighted by atomic mass is 16.6. The molecule has 206 valence electrons. The number of nitrogens with zero attached hydrogens (tertiary/aromatic N) is 1. The summed E-state index contributed by atoms with van der Waals surface area (Å²) in [5.74, 6) is -0.918. The molecule has 0 heterocycles. The second-order valence-corrected chi connectivity index (χ2v) is 10.1. The van der Waals surface area contributed by atoms with Crippen LogP contribution in [0.3, 0.4) is 0 Å².